The highest BCUT2D eigenvalue weighted by Gasteiger charge is 2.24. The molecule has 5 rings (SSSR count). The number of ether oxygens (including phenoxy) is 1. The Bertz CT molecular complexity index is 1140. The molecule has 10 heteroatoms. The molecule has 36 heavy (non-hydrogen) atoms. The summed E-state index contributed by atoms with van der Waals surface area (Å²) in [5.41, 5.74) is 1.78. The molecule has 1 saturated carbocycles. The van der Waals surface area contributed by atoms with E-state index in [0.29, 0.717) is 67.3 Å². The van der Waals surface area contributed by atoms with Gasteiger partial charge in [0, 0.05) is 44.4 Å². The number of hydrogen-bond donors (Lipinski definition) is 2. The van der Waals surface area contributed by atoms with Gasteiger partial charge in [0.1, 0.15) is 18.3 Å². The molecule has 1 aliphatic carbocycles. The first-order valence-electron chi connectivity index (χ1n) is 12.8. The summed E-state index contributed by atoms with van der Waals surface area (Å²) in [7, 11) is 0. The number of hydrogen-bond acceptors (Lipinski definition) is 6. The Morgan fingerprint density at radius 2 is 1.81 bits per heavy atom. The topological polar surface area (TPSA) is 67.2 Å². The van der Waals surface area contributed by atoms with Crippen LogP contribution in [0.25, 0.3) is 16.7 Å². The van der Waals surface area contributed by atoms with Crippen LogP contribution in [0.4, 0.5) is 24.8 Å². The molecule has 0 atom stereocenters. The minimum atomic E-state index is -2.71. The maximum absolute atomic E-state index is 14.0. The molecule has 0 amide bonds. The quantitative estimate of drug-likeness (QED) is 0.441. The molecule has 0 spiro atoms. The summed E-state index contributed by atoms with van der Waals surface area (Å²) < 4.78 is 47.6. The van der Waals surface area contributed by atoms with E-state index < -0.39 is 6.43 Å². The molecule has 0 bridgehead atoms. The van der Waals surface area contributed by atoms with E-state index in [1.54, 1.807) is 16.7 Å². The summed E-state index contributed by atoms with van der Waals surface area (Å²) >= 11 is 0. The smallest absolute Gasteiger partial charge is 0.295 e. The van der Waals surface area contributed by atoms with Crippen LogP contribution in [0.2, 0.25) is 0 Å². The number of imidazole rings is 1. The standard InChI is InChI=1S/C26H33F3N6O/c27-9-10-30-19-7-5-18(6-8-19)17-31-23-15-20(16-24(33-23)34-11-13-36-14-12-34)35-22-4-2-1-3-21(22)32-26(35)25(28)29/h1-4,15-16,18-19,25,30H,5-14,17H2,(H,31,33)/t18-,19-. The minimum Gasteiger partial charge on any atom is -0.378 e. The number of anilines is 2. The van der Waals surface area contributed by atoms with Gasteiger partial charge in [-0.3, -0.25) is 4.57 Å². The van der Waals surface area contributed by atoms with Gasteiger partial charge in [0.05, 0.1) is 29.9 Å². The van der Waals surface area contributed by atoms with E-state index in [2.05, 4.69) is 20.5 Å². The number of nitrogens with one attached hydrogen (secondary N) is 2. The number of fused-ring (bicyclic) bond motifs is 1. The van der Waals surface area contributed by atoms with Crippen molar-refractivity contribution in [1.29, 1.82) is 0 Å². The van der Waals surface area contributed by atoms with Gasteiger partial charge < -0.3 is 20.3 Å². The summed E-state index contributed by atoms with van der Waals surface area (Å²) in [6.07, 6.45) is 1.44. The zero-order valence-electron chi connectivity index (χ0n) is 20.3. The average molecular weight is 503 g/mol. The Morgan fingerprint density at radius 3 is 2.56 bits per heavy atom. The highest BCUT2D eigenvalue weighted by Crippen LogP contribution is 2.31. The first kappa shape index (κ1) is 24.8. The van der Waals surface area contributed by atoms with Crippen molar-refractivity contribution in [3.05, 3.63) is 42.2 Å². The van der Waals surface area contributed by atoms with Crippen LogP contribution in [-0.2, 0) is 4.74 Å². The van der Waals surface area contributed by atoms with E-state index in [9.17, 15) is 13.2 Å². The molecule has 1 aliphatic heterocycles. The van der Waals surface area contributed by atoms with E-state index in [1.165, 1.54) is 0 Å². The Hall–Kier alpha value is -2.85. The van der Waals surface area contributed by atoms with E-state index in [1.807, 2.05) is 24.3 Å². The largest absolute Gasteiger partial charge is 0.378 e. The highest BCUT2D eigenvalue weighted by molar-refractivity contribution is 5.79. The van der Waals surface area contributed by atoms with Gasteiger partial charge in [0.2, 0.25) is 0 Å². The molecule has 2 aromatic heterocycles. The fourth-order valence-corrected chi connectivity index (χ4v) is 5.22. The van der Waals surface area contributed by atoms with Gasteiger partial charge in [-0.25, -0.2) is 23.1 Å². The summed E-state index contributed by atoms with van der Waals surface area (Å²) in [4.78, 5) is 11.2. The molecule has 7 nitrogen and oxygen atoms in total. The van der Waals surface area contributed by atoms with E-state index >= 15 is 0 Å². The SMILES string of the molecule is FCCN[C@H]1CC[C@H](CNc2cc(-n3c(C(F)F)nc4ccccc43)cc(N3CCOCC3)n2)CC1. The van der Waals surface area contributed by atoms with Gasteiger partial charge in [-0.2, -0.15) is 0 Å². The predicted octanol–water partition coefficient (Wildman–Crippen LogP) is 4.72. The van der Waals surface area contributed by atoms with Gasteiger partial charge in [0.25, 0.3) is 6.43 Å². The lowest BCUT2D eigenvalue weighted by molar-refractivity contribution is 0.122. The number of pyridine rings is 1. The van der Waals surface area contributed by atoms with Gasteiger partial charge in [-0.05, 0) is 43.7 Å². The van der Waals surface area contributed by atoms with Crippen molar-refractivity contribution in [3.8, 4) is 5.69 Å². The van der Waals surface area contributed by atoms with Gasteiger partial charge >= 0.3 is 0 Å². The van der Waals surface area contributed by atoms with Crippen LogP contribution in [0.1, 0.15) is 37.9 Å². The molecule has 2 aliphatic rings. The van der Waals surface area contributed by atoms with E-state index in [-0.39, 0.29) is 12.5 Å². The Kier molecular flexibility index (Phi) is 7.91. The summed E-state index contributed by atoms with van der Waals surface area (Å²) in [6, 6.07) is 11.3. The molecule has 194 valence electrons. The Balaban J connectivity index is 1.41. The molecule has 0 unspecified atom stereocenters. The second-order valence-electron chi connectivity index (χ2n) is 9.50. The molecule has 3 aromatic rings. The first-order chi connectivity index (χ1) is 17.6. The maximum Gasteiger partial charge on any atom is 0.295 e. The number of nitrogens with zero attached hydrogens (tertiary/aromatic N) is 4. The van der Waals surface area contributed by atoms with Crippen LogP contribution >= 0.6 is 0 Å². The lowest BCUT2D eigenvalue weighted by atomic mass is 9.86. The normalized spacial score (nSPS) is 20.8. The monoisotopic (exact) mass is 502 g/mol. The number of alkyl halides is 3. The predicted molar refractivity (Wildman–Crippen MR) is 135 cm³/mol. The van der Waals surface area contributed by atoms with Crippen molar-refractivity contribution in [1.82, 2.24) is 19.9 Å². The van der Waals surface area contributed by atoms with Crippen molar-refractivity contribution in [2.24, 2.45) is 5.92 Å². The molecule has 3 heterocycles. The van der Waals surface area contributed by atoms with Gasteiger partial charge in [0.15, 0.2) is 5.82 Å². The fraction of sp³-hybridized carbons (Fsp3) is 0.538. The summed E-state index contributed by atoms with van der Waals surface area (Å²) in [5.74, 6) is 1.59. The molecule has 0 radical (unpaired) electrons. The highest BCUT2D eigenvalue weighted by atomic mass is 19.3. The van der Waals surface area contributed by atoms with Crippen molar-refractivity contribution in [2.45, 2.75) is 38.2 Å². The van der Waals surface area contributed by atoms with Crippen LogP contribution in [0.15, 0.2) is 36.4 Å². The van der Waals surface area contributed by atoms with E-state index in [0.717, 1.165) is 38.0 Å². The number of para-hydroxylation sites is 2. The van der Waals surface area contributed by atoms with E-state index in [4.69, 9.17) is 9.72 Å². The Labute approximate surface area is 209 Å². The van der Waals surface area contributed by atoms with Gasteiger partial charge in [-0.1, -0.05) is 12.1 Å². The number of morpholine rings is 1. The first-order valence-corrected chi connectivity index (χ1v) is 12.8. The zero-order valence-corrected chi connectivity index (χ0v) is 20.3. The molecule has 2 fully saturated rings. The lowest BCUT2D eigenvalue weighted by Gasteiger charge is -2.30. The number of benzene rings is 1. The van der Waals surface area contributed by atoms with Crippen LogP contribution in [0.3, 0.4) is 0 Å². The maximum atomic E-state index is 14.0. The molecular formula is C26H33F3N6O. The van der Waals surface area contributed by atoms with Crippen LogP contribution < -0.4 is 15.5 Å². The van der Waals surface area contributed by atoms with Crippen LogP contribution in [0.5, 0.6) is 0 Å². The zero-order chi connectivity index (χ0) is 24.9. The molecular weight excluding hydrogens is 469 g/mol. The van der Waals surface area contributed by atoms with Crippen molar-refractivity contribution in [2.75, 3.05) is 56.3 Å². The summed E-state index contributed by atoms with van der Waals surface area (Å²) in [6.45, 7) is 3.42. The number of halogens is 3. The lowest BCUT2D eigenvalue weighted by Crippen LogP contribution is -2.37. The van der Waals surface area contributed by atoms with Crippen molar-refractivity contribution < 1.29 is 17.9 Å². The number of aromatic nitrogens is 3. The fourth-order valence-electron chi connectivity index (χ4n) is 5.22. The van der Waals surface area contributed by atoms with Gasteiger partial charge in [-0.15, -0.1) is 0 Å². The second-order valence-corrected chi connectivity index (χ2v) is 9.50. The molecule has 2 N–H and O–H groups in total. The minimum absolute atomic E-state index is 0.277. The summed E-state index contributed by atoms with van der Waals surface area (Å²) in [5, 5.41) is 6.75. The third-order valence-corrected chi connectivity index (χ3v) is 7.12. The molecule has 1 aromatic carbocycles. The molecule has 1 saturated heterocycles. The van der Waals surface area contributed by atoms with Crippen LogP contribution in [0, 0.1) is 5.92 Å². The van der Waals surface area contributed by atoms with Crippen LogP contribution in [-0.4, -0.2) is 66.6 Å². The van der Waals surface area contributed by atoms with Crippen molar-refractivity contribution >= 4 is 22.7 Å². The van der Waals surface area contributed by atoms with Crippen molar-refractivity contribution in [3.63, 3.8) is 0 Å². The average Bonchev–Trinajstić information content (AvgIpc) is 3.32. The third-order valence-electron chi connectivity index (χ3n) is 7.12. The Morgan fingerprint density at radius 1 is 1.03 bits per heavy atom. The second kappa shape index (κ2) is 11.5. The third kappa shape index (κ3) is 5.59. The number of rotatable bonds is 9.